The van der Waals surface area contributed by atoms with Gasteiger partial charge in [0.2, 0.25) is 0 Å². The fourth-order valence-corrected chi connectivity index (χ4v) is 1.74. The van der Waals surface area contributed by atoms with Crippen LogP contribution in [0.2, 0.25) is 5.02 Å². The maximum atomic E-state index is 11.3. The summed E-state index contributed by atoms with van der Waals surface area (Å²) in [6.45, 7) is 1.94. The molecule has 1 aromatic carbocycles. The van der Waals surface area contributed by atoms with Gasteiger partial charge in [-0.15, -0.1) is 0 Å². The van der Waals surface area contributed by atoms with Gasteiger partial charge in [-0.1, -0.05) is 11.6 Å². The largest absolute Gasteiger partial charge is 0.506 e. The van der Waals surface area contributed by atoms with E-state index in [1.54, 1.807) is 6.92 Å². The minimum atomic E-state index is -0.590. The number of benzene rings is 1. The average molecular weight is 280 g/mol. The molecule has 0 fully saturated rings. The van der Waals surface area contributed by atoms with Crippen LogP contribution in [0, 0.1) is 0 Å². The number of carbonyl (C=O) groups excluding carboxylic acids is 1. The first kappa shape index (κ1) is 11.3. The molecule has 0 radical (unpaired) electrons. The SMILES string of the molecule is CCOC(=O)c1cc(Cl)cc(Br)c1O. The lowest BCUT2D eigenvalue weighted by atomic mass is 10.2. The number of hydrogen-bond acceptors (Lipinski definition) is 3. The monoisotopic (exact) mass is 278 g/mol. The van der Waals surface area contributed by atoms with E-state index in [2.05, 4.69) is 15.9 Å². The third-order valence-electron chi connectivity index (χ3n) is 1.52. The number of carbonyl (C=O) groups is 1. The second-order valence-electron chi connectivity index (χ2n) is 2.50. The molecule has 0 bridgehead atoms. The molecule has 0 saturated carbocycles. The molecule has 0 aliphatic rings. The van der Waals surface area contributed by atoms with Crippen molar-refractivity contribution in [3.05, 3.63) is 27.2 Å². The number of rotatable bonds is 2. The predicted octanol–water partition coefficient (Wildman–Crippen LogP) is 2.98. The van der Waals surface area contributed by atoms with Crippen molar-refractivity contribution >= 4 is 33.5 Å². The van der Waals surface area contributed by atoms with Crippen LogP contribution >= 0.6 is 27.5 Å². The Balaban J connectivity index is 3.13. The molecule has 0 unspecified atom stereocenters. The Bertz CT molecular complexity index is 365. The highest BCUT2D eigenvalue weighted by Gasteiger charge is 2.15. The fraction of sp³-hybridized carbons (Fsp3) is 0.222. The van der Waals surface area contributed by atoms with Gasteiger partial charge in [0.15, 0.2) is 0 Å². The van der Waals surface area contributed by atoms with Gasteiger partial charge in [0.25, 0.3) is 0 Å². The number of esters is 1. The van der Waals surface area contributed by atoms with E-state index in [0.29, 0.717) is 9.50 Å². The van der Waals surface area contributed by atoms with Crippen molar-refractivity contribution in [3.63, 3.8) is 0 Å². The first-order valence-electron chi connectivity index (χ1n) is 3.91. The molecule has 14 heavy (non-hydrogen) atoms. The standard InChI is InChI=1S/C9H8BrClO3/c1-2-14-9(13)6-3-5(11)4-7(10)8(6)12/h3-4,12H,2H2,1H3. The normalized spacial score (nSPS) is 9.93. The average Bonchev–Trinajstić information content (AvgIpc) is 2.11. The lowest BCUT2D eigenvalue weighted by Crippen LogP contribution is -2.05. The third kappa shape index (κ3) is 2.39. The van der Waals surface area contributed by atoms with E-state index in [0.717, 1.165) is 0 Å². The number of phenolic OH excluding ortho intramolecular Hbond substituents is 1. The van der Waals surface area contributed by atoms with Gasteiger partial charge in [-0.05, 0) is 35.0 Å². The summed E-state index contributed by atoms with van der Waals surface area (Å²) in [4.78, 5) is 11.3. The molecule has 1 N–H and O–H groups in total. The van der Waals surface area contributed by atoms with Crippen LogP contribution in [0.4, 0.5) is 0 Å². The van der Waals surface area contributed by atoms with Crippen molar-refractivity contribution < 1.29 is 14.6 Å². The molecule has 1 aromatic rings. The van der Waals surface area contributed by atoms with Crippen LogP contribution in [-0.4, -0.2) is 17.7 Å². The Kier molecular flexibility index (Phi) is 3.77. The maximum Gasteiger partial charge on any atom is 0.341 e. The van der Waals surface area contributed by atoms with Gasteiger partial charge in [-0.25, -0.2) is 4.79 Å². The molecule has 0 amide bonds. The van der Waals surface area contributed by atoms with Gasteiger partial charge in [-0.3, -0.25) is 0 Å². The van der Waals surface area contributed by atoms with Crippen molar-refractivity contribution in [2.75, 3.05) is 6.61 Å². The fourth-order valence-electron chi connectivity index (χ4n) is 0.930. The Labute approximate surface area is 94.8 Å². The maximum absolute atomic E-state index is 11.3. The zero-order valence-corrected chi connectivity index (χ0v) is 9.72. The summed E-state index contributed by atoms with van der Waals surface area (Å²) >= 11 is 8.79. The molecule has 0 heterocycles. The zero-order valence-electron chi connectivity index (χ0n) is 7.38. The molecule has 0 saturated heterocycles. The number of phenols is 1. The van der Waals surface area contributed by atoms with Gasteiger partial charge < -0.3 is 9.84 Å². The molecule has 0 aliphatic carbocycles. The summed E-state index contributed by atoms with van der Waals surface area (Å²) in [5.41, 5.74) is 0.0613. The van der Waals surface area contributed by atoms with Crippen LogP contribution in [0.3, 0.4) is 0 Å². The summed E-state index contributed by atoms with van der Waals surface area (Å²) in [7, 11) is 0. The number of aromatic hydroxyl groups is 1. The first-order valence-corrected chi connectivity index (χ1v) is 5.08. The molecule has 0 atom stereocenters. The molecular formula is C9H8BrClO3. The Morgan fingerprint density at radius 1 is 1.64 bits per heavy atom. The lowest BCUT2D eigenvalue weighted by Gasteiger charge is -2.06. The topological polar surface area (TPSA) is 46.5 Å². The minimum Gasteiger partial charge on any atom is -0.506 e. The highest BCUT2D eigenvalue weighted by Crippen LogP contribution is 2.31. The van der Waals surface area contributed by atoms with E-state index in [1.807, 2.05) is 0 Å². The van der Waals surface area contributed by atoms with E-state index >= 15 is 0 Å². The van der Waals surface area contributed by atoms with Crippen molar-refractivity contribution in [2.24, 2.45) is 0 Å². The van der Waals surface area contributed by atoms with Crippen molar-refractivity contribution in [3.8, 4) is 5.75 Å². The summed E-state index contributed by atoms with van der Waals surface area (Å²) in [6, 6.07) is 2.86. The van der Waals surface area contributed by atoms with Crippen LogP contribution < -0.4 is 0 Å². The van der Waals surface area contributed by atoms with E-state index in [1.165, 1.54) is 12.1 Å². The molecule has 76 valence electrons. The highest BCUT2D eigenvalue weighted by molar-refractivity contribution is 9.10. The molecule has 5 heteroatoms. The third-order valence-corrected chi connectivity index (χ3v) is 2.35. The van der Waals surface area contributed by atoms with Gasteiger partial charge in [0, 0.05) is 5.02 Å². The Morgan fingerprint density at radius 3 is 2.86 bits per heavy atom. The van der Waals surface area contributed by atoms with E-state index < -0.39 is 5.97 Å². The summed E-state index contributed by atoms with van der Waals surface area (Å²) in [5.74, 6) is -0.749. The van der Waals surface area contributed by atoms with Crippen LogP contribution in [0.25, 0.3) is 0 Å². The molecule has 3 nitrogen and oxygen atoms in total. The van der Waals surface area contributed by atoms with Crippen LogP contribution in [0.5, 0.6) is 5.75 Å². The molecule has 0 spiro atoms. The molecular weight excluding hydrogens is 271 g/mol. The van der Waals surface area contributed by atoms with Crippen molar-refractivity contribution in [2.45, 2.75) is 6.92 Å². The van der Waals surface area contributed by atoms with Crippen LogP contribution in [0.15, 0.2) is 16.6 Å². The van der Waals surface area contributed by atoms with Gasteiger partial charge in [-0.2, -0.15) is 0 Å². The minimum absolute atomic E-state index is 0.0613. The second-order valence-corrected chi connectivity index (χ2v) is 3.80. The van der Waals surface area contributed by atoms with E-state index in [-0.39, 0.29) is 17.9 Å². The molecule has 0 aromatic heterocycles. The van der Waals surface area contributed by atoms with Gasteiger partial charge in [0.05, 0.1) is 11.1 Å². The van der Waals surface area contributed by atoms with Crippen LogP contribution in [-0.2, 0) is 4.74 Å². The first-order chi connectivity index (χ1) is 6.56. The summed E-state index contributed by atoms with van der Waals surface area (Å²) < 4.78 is 5.11. The molecule has 1 rings (SSSR count). The predicted molar refractivity (Wildman–Crippen MR) is 56.8 cm³/mol. The number of hydrogen-bond donors (Lipinski definition) is 1. The van der Waals surface area contributed by atoms with Gasteiger partial charge in [0.1, 0.15) is 11.3 Å². The lowest BCUT2D eigenvalue weighted by molar-refractivity contribution is 0.0523. The van der Waals surface area contributed by atoms with Crippen molar-refractivity contribution in [1.82, 2.24) is 0 Å². The molecule has 0 aliphatic heterocycles. The van der Waals surface area contributed by atoms with Gasteiger partial charge >= 0.3 is 5.97 Å². The zero-order chi connectivity index (χ0) is 10.7. The Hall–Kier alpha value is -0.740. The van der Waals surface area contributed by atoms with Crippen molar-refractivity contribution in [1.29, 1.82) is 0 Å². The summed E-state index contributed by atoms with van der Waals surface area (Å²) in [6.07, 6.45) is 0. The number of halogens is 2. The number of ether oxygens (including phenoxy) is 1. The highest BCUT2D eigenvalue weighted by atomic mass is 79.9. The quantitative estimate of drug-likeness (QED) is 0.847. The van der Waals surface area contributed by atoms with E-state index in [9.17, 15) is 9.90 Å². The Morgan fingerprint density at radius 2 is 2.29 bits per heavy atom. The second kappa shape index (κ2) is 4.66. The van der Waals surface area contributed by atoms with E-state index in [4.69, 9.17) is 16.3 Å². The smallest absolute Gasteiger partial charge is 0.341 e. The summed E-state index contributed by atoms with van der Waals surface area (Å²) in [5, 5.41) is 9.87. The van der Waals surface area contributed by atoms with Crippen LogP contribution in [0.1, 0.15) is 17.3 Å².